The molecule has 0 aliphatic heterocycles. The van der Waals surface area contributed by atoms with Crippen LogP contribution >= 0.6 is 10.5 Å². The van der Waals surface area contributed by atoms with Gasteiger partial charge in [0.25, 0.3) is 0 Å². The van der Waals surface area contributed by atoms with E-state index in [-0.39, 0.29) is 10.5 Å². The van der Waals surface area contributed by atoms with Crippen LogP contribution in [0.2, 0.25) is 0 Å². The minimum atomic E-state index is -0.354. The minimum absolute atomic E-state index is 0.354. The molecule has 0 nitrogen and oxygen atoms in total. The van der Waals surface area contributed by atoms with Gasteiger partial charge in [0.2, 0.25) is 0 Å². The Morgan fingerprint density at radius 3 is 1.60 bits per heavy atom. The SMILES string of the molecule is C=S(c1ccc2ccccc2c1)c1cc2c(-c3ccccc3)c3cc(-c4ccccc4)ccc3c(-c3ccccc3)c2cc1C. The van der Waals surface area contributed by atoms with Crippen LogP contribution in [0, 0.1) is 6.92 Å². The third kappa shape index (κ3) is 4.86. The normalized spacial score (nSPS) is 12.1. The van der Waals surface area contributed by atoms with E-state index in [9.17, 15) is 0 Å². The first-order valence-corrected chi connectivity index (χ1v) is 16.8. The second kappa shape index (κ2) is 11.4. The molecule has 45 heavy (non-hydrogen) atoms. The Kier molecular flexibility index (Phi) is 6.89. The molecule has 8 rings (SSSR count). The van der Waals surface area contributed by atoms with Crippen LogP contribution in [0.3, 0.4) is 0 Å². The van der Waals surface area contributed by atoms with E-state index in [2.05, 4.69) is 171 Å². The molecule has 0 saturated heterocycles. The van der Waals surface area contributed by atoms with Gasteiger partial charge in [-0.05, 0) is 109 Å². The third-order valence-electron chi connectivity index (χ3n) is 8.91. The topological polar surface area (TPSA) is 0 Å². The van der Waals surface area contributed by atoms with Gasteiger partial charge in [-0.3, -0.25) is 0 Å². The van der Waals surface area contributed by atoms with Gasteiger partial charge in [0.1, 0.15) is 0 Å². The van der Waals surface area contributed by atoms with Crippen molar-refractivity contribution in [1.82, 2.24) is 0 Å². The van der Waals surface area contributed by atoms with Crippen molar-refractivity contribution < 1.29 is 0 Å². The van der Waals surface area contributed by atoms with Gasteiger partial charge in [0.15, 0.2) is 0 Å². The molecule has 1 atom stereocenters. The first-order valence-electron chi connectivity index (χ1n) is 15.4. The highest BCUT2D eigenvalue weighted by molar-refractivity contribution is 8.14. The van der Waals surface area contributed by atoms with Crippen molar-refractivity contribution in [3.8, 4) is 33.4 Å². The summed E-state index contributed by atoms with van der Waals surface area (Å²) in [5, 5.41) is 7.58. The van der Waals surface area contributed by atoms with E-state index >= 15 is 0 Å². The molecule has 0 saturated carbocycles. The molecule has 0 aliphatic rings. The molecule has 0 spiro atoms. The largest absolute Gasteiger partial charge is 0.130 e. The number of hydrogen-bond acceptors (Lipinski definition) is 0. The van der Waals surface area contributed by atoms with Crippen molar-refractivity contribution in [3.63, 3.8) is 0 Å². The lowest BCUT2D eigenvalue weighted by Crippen LogP contribution is -1.94. The first kappa shape index (κ1) is 27.3. The molecular weight excluding hydrogens is 561 g/mol. The van der Waals surface area contributed by atoms with Crippen molar-refractivity contribution in [2.24, 2.45) is 0 Å². The average molecular weight is 593 g/mol. The number of rotatable bonds is 5. The van der Waals surface area contributed by atoms with E-state index < -0.39 is 0 Å². The van der Waals surface area contributed by atoms with Crippen LogP contribution in [0.5, 0.6) is 0 Å². The van der Waals surface area contributed by atoms with Gasteiger partial charge in [-0.1, -0.05) is 139 Å². The van der Waals surface area contributed by atoms with E-state index in [1.807, 2.05) is 0 Å². The van der Waals surface area contributed by atoms with Crippen LogP contribution in [0.15, 0.2) is 174 Å². The van der Waals surface area contributed by atoms with E-state index in [1.165, 1.54) is 81.1 Å². The lowest BCUT2D eigenvalue weighted by molar-refractivity contribution is 1.32. The zero-order chi connectivity index (χ0) is 30.3. The molecule has 0 heterocycles. The van der Waals surface area contributed by atoms with Crippen molar-refractivity contribution >= 4 is 48.7 Å². The van der Waals surface area contributed by atoms with Crippen LogP contribution in [0.1, 0.15) is 5.56 Å². The Labute approximate surface area is 267 Å². The molecule has 0 fully saturated rings. The third-order valence-corrected chi connectivity index (χ3v) is 10.7. The molecule has 1 heteroatoms. The Balaban J connectivity index is 1.47. The quantitative estimate of drug-likeness (QED) is 0.138. The van der Waals surface area contributed by atoms with Crippen molar-refractivity contribution in [3.05, 3.63) is 169 Å². The summed E-state index contributed by atoms with van der Waals surface area (Å²) in [7, 11) is -0.354. The molecule has 1 unspecified atom stereocenters. The van der Waals surface area contributed by atoms with Crippen LogP contribution < -0.4 is 0 Å². The molecule has 0 N–H and O–H groups in total. The monoisotopic (exact) mass is 592 g/mol. The van der Waals surface area contributed by atoms with E-state index in [4.69, 9.17) is 5.87 Å². The number of aryl methyl sites for hydroxylation is 1. The predicted octanol–water partition coefficient (Wildman–Crippen LogP) is 12.6. The Bertz CT molecular complexity index is 2370. The molecule has 214 valence electrons. The highest BCUT2D eigenvalue weighted by Gasteiger charge is 2.20. The minimum Gasteiger partial charge on any atom is -0.130 e. The summed E-state index contributed by atoms with van der Waals surface area (Å²) >= 11 is 0. The van der Waals surface area contributed by atoms with Crippen molar-refractivity contribution in [2.45, 2.75) is 16.7 Å². The molecule has 0 bridgehead atoms. The maximum Gasteiger partial charge on any atom is 0.00922 e. The summed E-state index contributed by atoms with van der Waals surface area (Å²) in [5.41, 5.74) is 8.72. The summed E-state index contributed by atoms with van der Waals surface area (Å²) in [6.07, 6.45) is 0. The van der Waals surface area contributed by atoms with Crippen LogP contribution in [0.4, 0.5) is 0 Å². The maximum absolute atomic E-state index is 4.78. The van der Waals surface area contributed by atoms with Gasteiger partial charge in [-0.25, -0.2) is 0 Å². The highest BCUT2D eigenvalue weighted by Crippen LogP contribution is 2.48. The molecule has 0 radical (unpaired) electrons. The zero-order valence-corrected chi connectivity index (χ0v) is 26.0. The van der Waals surface area contributed by atoms with Gasteiger partial charge in [0.05, 0.1) is 0 Å². The molecule has 0 amide bonds. The summed E-state index contributed by atoms with van der Waals surface area (Å²) in [6.45, 7) is 2.25. The summed E-state index contributed by atoms with van der Waals surface area (Å²) in [4.78, 5) is 2.54. The fraction of sp³-hybridized carbons (Fsp3) is 0.0227. The number of hydrogen-bond donors (Lipinski definition) is 0. The van der Waals surface area contributed by atoms with Gasteiger partial charge < -0.3 is 0 Å². The first-order chi connectivity index (χ1) is 22.2. The van der Waals surface area contributed by atoms with Gasteiger partial charge >= 0.3 is 0 Å². The fourth-order valence-electron chi connectivity index (χ4n) is 6.72. The maximum atomic E-state index is 4.78. The van der Waals surface area contributed by atoms with Crippen LogP contribution in [-0.4, -0.2) is 5.87 Å². The van der Waals surface area contributed by atoms with Gasteiger partial charge in [-0.2, -0.15) is 0 Å². The Morgan fingerprint density at radius 1 is 0.400 bits per heavy atom. The highest BCUT2D eigenvalue weighted by atomic mass is 32.2. The van der Waals surface area contributed by atoms with Gasteiger partial charge in [-0.15, -0.1) is 10.5 Å². The smallest absolute Gasteiger partial charge is 0.00922 e. The van der Waals surface area contributed by atoms with E-state index in [0.717, 1.165) is 0 Å². The number of fused-ring (bicyclic) bond motifs is 3. The molecule has 8 aromatic carbocycles. The molecular formula is C44H32S. The van der Waals surface area contributed by atoms with E-state index in [1.54, 1.807) is 0 Å². The summed E-state index contributed by atoms with van der Waals surface area (Å²) < 4.78 is 0. The van der Waals surface area contributed by atoms with Crippen LogP contribution in [-0.2, 0) is 0 Å². The number of benzene rings is 8. The van der Waals surface area contributed by atoms with Gasteiger partial charge in [0, 0.05) is 9.79 Å². The second-order valence-electron chi connectivity index (χ2n) is 11.7. The fourth-order valence-corrected chi connectivity index (χ4v) is 8.18. The standard InChI is InChI=1S/C44H32S/c1-30-26-39-41(29-42(30)45(2)37-24-22-32-16-12-13-21-35(32)27-37)44(34-19-10-5-11-20-34)40-28-36(31-14-6-3-7-15-31)23-25-38(40)43(39)33-17-8-4-9-18-33/h3-29H,2H2,1H3. The van der Waals surface area contributed by atoms with Crippen molar-refractivity contribution in [2.75, 3.05) is 0 Å². The molecule has 8 aromatic rings. The zero-order valence-electron chi connectivity index (χ0n) is 25.2. The summed E-state index contributed by atoms with van der Waals surface area (Å²) in [6, 6.07) is 59.7. The lowest BCUT2D eigenvalue weighted by atomic mass is 9.84. The predicted molar refractivity (Wildman–Crippen MR) is 198 cm³/mol. The second-order valence-corrected chi connectivity index (χ2v) is 13.4. The molecule has 0 aliphatic carbocycles. The Hall–Kier alpha value is -5.24. The summed E-state index contributed by atoms with van der Waals surface area (Å²) in [5.74, 6) is 4.78. The van der Waals surface area contributed by atoms with Crippen molar-refractivity contribution in [1.29, 1.82) is 0 Å². The Morgan fingerprint density at radius 2 is 0.933 bits per heavy atom. The van der Waals surface area contributed by atoms with Crippen LogP contribution in [0.25, 0.3) is 65.7 Å². The average Bonchev–Trinajstić information content (AvgIpc) is 3.10. The lowest BCUT2D eigenvalue weighted by Gasteiger charge is -2.21. The van der Waals surface area contributed by atoms with E-state index in [0.29, 0.717) is 0 Å². The molecule has 0 aromatic heterocycles.